The van der Waals surface area contributed by atoms with Gasteiger partial charge >= 0.3 is 11.9 Å². The summed E-state index contributed by atoms with van der Waals surface area (Å²) >= 11 is 1.43. The van der Waals surface area contributed by atoms with Gasteiger partial charge in [0, 0.05) is 4.88 Å². The van der Waals surface area contributed by atoms with Gasteiger partial charge in [-0.1, -0.05) is 11.1 Å². The largest absolute Gasteiger partial charge is 0.481 e. The number of aryl methyl sites for hydroxylation is 1. The number of nitrogens with one attached hydrogen (secondary N) is 1. The number of esters is 1. The highest BCUT2D eigenvalue weighted by molar-refractivity contribution is 7.17. The molecule has 0 aliphatic heterocycles. The number of rotatable bonds is 5. The molecule has 0 radical (unpaired) electrons. The Hall–Kier alpha value is -2.15. The average Bonchev–Trinajstić information content (AvgIpc) is 3.39. The van der Waals surface area contributed by atoms with E-state index in [1.165, 1.54) is 11.3 Å². The molecule has 1 heterocycles. The fourth-order valence-electron chi connectivity index (χ4n) is 5.71. The Morgan fingerprint density at radius 3 is 2.45 bits per heavy atom. The van der Waals surface area contributed by atoms with Crippen LogP contribution in [0, 0.1) is 23.7 Å². The van der Waals surface area contributed by atoms with Gasteiger partial charge in [-0.3, -0.25) is 9.59 Å². The molecule has 0 unspecified atom stereocenters. The van der Waals surface area contributed by atoms with E-state index in [-0.39, 0.29) is 24.3 Å². The van der Waals surface area contributed by atoms with E-state index in [1.807, 2.05) is 13.8 Å². The van der Waals surface area contributed by atoms with E-state index in [1.54, 1.807) is 6.92 Å². The lowest BCUT2D eigenvalue weighted by Gasteiger charge is -2.26. The Morgan fingerprint density at radius 1 is 1.14 bits per heavy atom. The molecule has 0 saturated heterocycles. The Bertz CT molecular complexity index is 911. The molecule has 3 aliphatic carbocycles. The van der Waals surface area contributed by atoms with Gasteiger partial charge in [0.25, 0.3) is 0 Å². The summed E-state index contributed by atoms with van der Waals surface area (Å²) in [5, 5.41) is 13.3. The number of anilines is 1. The van der Waals surface area contributed by atoms with Crippen LogP contribution in [0.3, 0.4) is 0 Å². The van der Waals surface area contributed by atoms with Crippen LogP contribution in [0.25, 0.3) is 0 Å². The van der Waals surface area contributed by atoms with Crippen molar-refractivity contribution in [2.45, 2.75) is 52.9 Å². The fourth-order valence-corrected chi connectivity index (χ4v) is 6.99. The van der Waals surface area contributed by atoms with Gasteiger partial charge in [0.1, 0.15) is 5.00 Å². The Morgan fingerprint density at radius 2 is 1.83 bits per heavy atom. The van der Waals surface area contributed by atoms with E-state index in [0.717, 1.165) is 53.7 Å². The zero-order valence-corrected chi connectivity index (χ0v) is 17.9. The van der Waals surface area contributed by atoms with E-state index in [2.05, 4.69) is 5.32 Å². The fraction of sp³-hybridized carbons (Fsp3) is 0.591. The number of carbonyl (C=O) groups excluding carboxylic acids is 2. The van der Waals surface area contributed by atoms with Crippen molar-refractivity contribution in [1.82, 2.24) is 0 Å². The molecule has 3 aliphatic rings. The number of hydrogen-bond donors (Lipinski definition) is 2. The second kappa shape index (κ2) is 7.59. The quantitative estimate of drug-likeness (QED) is 0.557. The molecule has 29 heavy (non-hydrogen) atoms. The number of hydrogen-bond acceptors (Lipinski definition) is 5. The summed E-state index contributed by atoms with van der Waals surface area (Å²) in [4.78, 5) is 39.0. The third-order valence-electron chi connectivity index (χ3n) is 6.64. The van der Waals surface area contributed by atoms with E-state index < -0.39 is 23.8 Å². The third kappa shape index (κ3) is 3.19. The molecule has 7 heteroatoms. The highest BCUT2D eigenvalue weighted by Crippen LogP contribution is 2.57. The average molecular weight is 418 g/mol. The van der Waals surface area contributed by atoms with Crippen LogP contribution in [0.1, 0.15) is 60.8 Å². The maximum Gasteiger partial charge on any atom is 0.341 e. The number of allylic oxidation sites excluding steroid dienone is 2. The van der Waals surface area contributed by atoms with Crippen LogP contribution in [0.5, 0.6) is 0 Å². The second-order valence-electron chi connectivity index (χ2n) is 8.41. The molecule has 2 bridgehead atoms. The van der Waals surface area contributed by atoms with Crippen molar-refractivity contribution in [3.8, 4) is 0 Å². The molecule has 156 valence electrons. The van der Waals surface area contributed by atoms with Crippen LogP contribution in [0.2, 0.25) is 0 Å². The zero-order valence-electron chi connectivity index (χ0n) is 17.0. The van der Waals surface area contributed by atoms with Crippen molar-refractivity contribution >= 4 is 34.2 Å². The molecule has 0 spiro atoms. The van der Waals surface area contributed by atoms with Gasteiger partial charge in [0.15, 0.2) is 0 Å². The SMILES string of the molecule is CCOC(=O)c1c(NC(=O)[C@H]2[C@@H](C(=O)O)[C@@H]3CC[C@@H]2C3=C(C)C)sc2c1CCC2. The van der Waals surface area contributed by atoms with E-state index in [9.17, 15) is 19.5 Å². The van der Waals surface area contributed by atoms with Gasteiger partial charge in [0.2, 0.25) is 5.91 Å². The minimum absolute atomic E-state index is 0.0241. The Kier molecular flexibility index (Phi) is 5.27. The standard InChI is InChI=1S/C22H27NO5S/c1-4-28-22(27)18-11-6-5-7-14(11)29-20(18)23-19(24)16-12-8-9-13(15(12)10(2)3)17(16)21(25)26/h12-13,16-17H,4-9H2,1-3H3,(H,23,24)(H,25,26)/t12-,13-,16-,17+/m1/s1. The van der Waals surface area contributed by atoms with Crippen LogP contribution < -0.4 is 5.32 Å². The number of ether oxygens (including phenoxy) is 1. The van der Waals surface area contributed by atoms with Gasteiger partial charge in [-0.05, 0) is 70.3 Å². The predicted molar refractivity (Wildman–Crippen MR) is 110 cm³/mol. The van der Waals surface area contributed by atoms with Gasteiger partial charge in [-0.2, -0.15) is 0 Å². The van der Waals surface area contributed by atoms with E-state index in [4.69, 9.17) is 4.74 Å². The summed E-state index contributed by atoms with van der Waals surface area (Å²) in [6.45, 7) is 6.04. The molecule has 2 fully saturated rings. The van der Waals surface area contributed by atoms with E-state index >= 15 is 0 Å². The van der Waals surface area contributed by atoms with Crippen molar-refractivity contribution in [2.24, 2.45) is 23.7 Å². The summed E-state index contributed by atoms with van der Waals surface area (Å²) in [5.74, 6) is -2.97. The number of aliphatic carboxylic acids is 1. The molecule has 1 aromatic rings. The molecular formula is C22H27NO5S. The van der Waals surface area contributed by atoms with Crippen molar-refractivity contribution in [3.63, 3.8) is 0 Å². The molecule has 1 aromatic heterocycles. The Labute approximate surface area is 174 Å². The maximum atomic E-state index is 13.3. The first-order valence-corrected chi connectivity index (χ1v) is 11.2. The summed E-state index contributed by atoms with van der Waals surface area (Å²) < 4.78 is 5.23. The minimum atomic E-state index is -0.907. The molecule has 1 amide bonds. The molecular weight excluding hydrogens is 390 g/mol. The minimum Gasteiger partial charge on any atom is -0.481 e. The summed E-state index contributed by atoms with van der Waals surface area (Å²) in [6.07, 6.45) is 4.38. The number of fused-ring (bicyclic) bond motifs is 3. The summed E-state index contributed by atoms with van der Waals surface area (Å²) in [5.41, 5.74) is 3.73. The lowest BCUT2D eigenvalue weighted by atomic mass is 9.79. The molecule has 4 rings (SSSR count). The number of carbonyl (C=O) groups is 3. The first-order chi connectivity index (χ1) is 13.8. The lowest BCUT2D eigenvalue weighted by Crippen LogP contribution is -2.38. The van der Waals surface area contributed by atoms with Gasteiger partial charge in [-0.25, -0.2) is 4.79 Å². The molecule has 4 atom stereocenters. The second-order valence-corrected chi connectivity index (χ2v) is 9.51. The van der Waals surface area contributed by atoms with E-state index in [0.29, 0.717) is 10.6 Å². The number of thiophene rings is 1. The van der Waals surface area contributed by atoms with Crippen molar-refractivity contribution in [1.29, 1.82) is 0 Å². The Balaban J connectivity index is 1.66. The van der Waals surface area contributed by atoms with Crippen LogP contribution in [-0.4, -0.2) is 29.6 Å². The lowest BCUT2D eigenvalue weighted by molar-refractivity contribution is -0.148. The molecule has 2 saturated carbocycles. The third-order valence-corrected chi connectivity index (χ3v) is 7.85. The smallest absolute Gasteiger partial charge is 0.341 e. The molecule has 2 N–H and O–H groups in total. The van der Waals surface area contributed by atoms with Crippen LogP contribution in [0.15, 0.2) is 11.1 Å². The van der Waals surface area contributed by atoms with Crippen molar-refractivity contribution in [3.05, 3.63) is 27.2 Å². The number of carboxylic acids is 1. The monoisotopic (exact) mass is 417 g/mol. The van der Waals surface area contributed by atoms with Gasteiger partial charge < -0.3 is 15.2 Å². The summed E-state index contributed by atoms with van der Waals surface area (Å²) in [6, 6.07) is 0. The predicted octanol–water partition coefficient (Wildman–Crippen LogP) is 4.05. The van der Waals surface area contributed by atoms with Crippen molar-refractivity contribution < 1.29 is 24.2 Å². The maximum absolute atomic E-state index is 13.3. The highest BCUT2D eigenvalue weighted by atomic mass is 32.1. The summed E-state index contributed by atoms with van der Waals surface area (Å²) in [7, 11) is 0. The highest BCUT2D eigenvalue weighted by Gasteiger charge is 2.57. The van der Waals surface area contributed by atoms with Gasteiger partial charge in [-0.15, -0.1) is 11.3 Å². The molecule has 0 aromatic carbocycles. The zero-order chi connectivity index (χ0) is 20.9. The number of carboxylic acid groups (broad SMARTS) is 1. The van der Waals surface area contributed by atoms with Crippen molar-refractivity contribution in [2.75, 3.05) is 11.9 Å². The topological polar surface area (TPSA) is 92.7 Å². The normalized spacial score (nSPS) is 27.1. The number of amides is 1. The first-order valence-electron chi connectivity index (χ1n) is 10.4. The van der Waals surface area contributed by atoms with Gasteiger partial charge in [0.05, 0.1) is 24.0 Å². The molecule has 6 nitrogen and oxygen atoms in total. The van der Waals surface area contributed by atoms with Crippen LogP contribution in [0.4, 0.5) is 5.00 Å². The van der Waals surface area contributed by atoms with Crippen LogP contribution >= 0.6 is 11.3 Å². The van der Waals surface area contributed by atoms with Crippen LogP contribution in [-0.2, 0) is 27.2 Å². The first kappa shape index (κ1) is 20.1.